The van der Waals surface area contributed by atoms with Gasteiger partial charge in [0.25, 0.3) is 0 Å². The standard InChI is InChI=1S/C20H24N4S/c1-4-22(14-18-11-6-5-7-12-18)15-23-20(25)24(17(3)21-23)19-13-9-8-10-16(19)2/h5-13H,4,14-15H2,1-3H3. The largest absolute Gasteiger partial charge is 0.280 e. The molecule has 0 bridgehead atoms. The molecule has 5 heteroatoms. The number of aryl methyl sites for hydroxylation is 2. The Morgan fingerprint density at radius 2 is 1.68 bits per heavy atom. The fourth-order valence-electron chi connectivity index (χ4n) is 2.99. The second-order valence-corrected chi connectivity index (χ2v) is 6.59. The topological polar surface area (TPSA) is 26.0 Å². The van der Waals surface area contributed by atoms with Crippen LogP contribution in [0.3, 0.4) is 0 Å². The minimum atomic E-state index is 0.684. The third-order valence-corrected chi connectivity index (χ3v) is 4.78. The average Bonchev–Trinajstić information content (AvgIpc) is 2.89. The molecule has 25 heavy (non-hydrogen) atoms. The lowest BCUT2D eigenvalue weighted by Gasteiger charge is -2.20. The van der Waals surface area contributed by atoms with Crippen LogP contribution in [0.4, 0.5) is 0 Å². The summed E-state index contributed by atoms with van der Waals surface area (Å²) in [5, 5.41) is 4.69. The Kier molecular flexibility index (Phi) is 5.46. The molecule has 0 radical (unpaired) electrons. The summed E-state index contributed by atoms with van der Waals surface area (Å²) in [7, 11) is 0. The quantitative estimate of drug-likeness (QED) is 0.611. The van der Waals surface area contributed by atoms with Crippen molar-refractivity contribution in [2.45, 2.75) is 34.0 Å². The minimum Gasteiger partial charge on any atom is -0.280 e. The lowest BCUT2D eigenvalue weighted by Crippen LogP contribution is -2.26. The zero-order valence-corrected chi connectivity index (χ0v) is 15.8. The van der Waals surface area contributed by atoms with E-state index in [0.717, 1.165) is 29.4 Å². The summed E-state index contributed by atoms with van der Waals surface area (Å²) in [5.74, 6) is 0.912. The van der Waals surface area contributed by atoms with E-state index in [1.165, 1.54) is 11.1 Å². The number of hydrogen-bond donors (Lipinski definition) is 0. The zero-order valence-electron chi connectivity index (χ0n) is 15.0. The molecule has 0 saturated carbocycles. The van der Waals surface area contributed by atoms with E-state index in [0.29, 0.717) is 6.67 Å². The van der Waals surface area contributed by atoms with Crippen LogP contribution in [0.1, 0.15) is 23.9 Å². The molecule has 0 saturated heterocycles. The Hall–Kier alpha value is -2.24. The van der Waals surface area contributed by atoms with E-state index in [4.69, 9.17) is 17.3 Å². The van der Waals surface area contributed by atoms with E-state index < -0.39 is 0 Å². The predicted octanol–water partition coefficient (Wildman–Crippen LogP) is 4.50. The highest BCUT2D eigenvalue weighted by Crippen LogP contribution is 2.17. The van der Waals surface area contributed by atoms with Crippen LogP contribution in [-0.2, 0) is 13.2 Å². The van der Waals surface area contributed by atoms with Crippen LogP contribution in [0.2, 0.25) is 0 Å². The van der Waals surface area contributed by atoms with Crippen LogP contribution in [0.25, 0.3) is 5.69 Å². The number of aromatic nitrogens is 3. The second-order valence-electron chi connectivity index (χ2n) is 6.22. The molecule has 0 aliphatic heterocycles. The van der Waals surface area contributed by atoms with Gasteiger partial charge in [-0.3, -0.25) is 9.47 Å². The molecule has 0 aliphatic rings. The van der Waals surface area contributed by atoms with Gasteiger partial charge in [-0.05, 0) is 49.8 Å². The summed E-state index contributed by atoms with van der Waals surface area (Å²) in [5.41, 5.74) is 3.59. The summed E-state index contributed by atoms with van der Waals surface area (Å²) in [6, 6.07) is 18.8. The van der Waals surface area contributed by atoms with Gasteiger partial charge in [0, 0.05) is 6.54 Å². The molecule has 0 amide bonds. The molecule has 2 aromatic carbocycles. The highest BCUT2D eigenvalue weighted by molar-refractivity contribution is 7.71. The molecule has 0 atom stereocenters. The zero-order chi connectivity index (χ0) is 17.8. The summed E-state index contributed by atoms with van der Waals surface area (Å²) >= 11 is 5.72. The number of benzene rings is 2. The SMILES string of the molecule is CCN(Cc1ccccc1)Cn1nc(C)n(-c2ccccc2C)c1=S. The van der Waals surface area contributed by atoms with E-state index in [1.807, 2.05) is 29.8 Å². The molecule has 130 valence electrons. The number of rotatable bonds is 6. The fourth-order valence-corrected chi connectivity index (χ4v) is 3.32. The van der Waals surface area contributed by atoms with Crippen LogP contribution < -0.4 is 0 Å². The molecule has 0 spiro atoms. The maximum absolute atomic E-state index is 5.72. The molecule has 0 N–H and O–H groups in total. The van der Waals surface area contributed by atoms with Gasteiger partial charge >= 0.3 is 0 Å². The van der Waals surface area contributed by atoms with Crippen molar-refractivity contribution >= 4 is 12.2 Å². The van der Waals surface area contributed by atoms with E-state index in [9.17, 15) is 0 Å². The Morgan fingerprint density at radius 1 is 1.00 bits per heavy atom. The summed E-state index contributed by atoms with van der Waals surface area (Å²) in [6.45, 7) is 8.78. The highest BCUT2D eigenvalue weighted by atomic mass is 32.1. The van der Waals surface area contributed by atoms with Crippen molar-refractivity contribution in [3.63, 3.8) is 0 Å². The van der Waals surface area contributed by atoms with Crippen LogP contribution >= 0.6 is 12.2 Å². The monoisotopic (exact) mass is 352 g/mol. The third kappa shape index (κ3) is 3.89. The molecule has 3 rings (SSSR count). The van der Waals surface area contributed by atoms with E-state index in [-0.39, 0.29) is 0 Å². The van der Waals surface area contributed by atoms with Gasteiger partial charge in [0.2, 0.25) is 4.77 Å². The van der Waals surface area contributed by atoms with Gasteiger partial charge in [-0.15, -0.1) is 0 Å². The van der Waals surface area contributed by atoms with Crippen molar-refractivity contribution < 1.29 is 0 Å². The highest BCUT2D eigenvalue weighted by Gasteiger charge is 2.13. The van der Waals surface area contributed by atoms with Gasteiger partial charge in [0.05, 0.1) is 12.4 Å². The van der Waals surface area contributed by atoms with Crippen LogP contribution in [0.15, 0.2) is 54.6 Å². The number of hydrogen-bond acceptors (Lipinski definition) is 3. The van der Waals surface area contributed by atoms with Crippen molar-refractivity contribution in [3.05, 3.63) is 76.3 Å². The molecule has 3 aromatic rings. The molecule has 0 fully saturated rings. The van der Waals surface area contributed by atoms with Gasteiger partial charge < -0.3 is 0 Å². The minimum absolute atomic E-state index is 0.684. The van der Waals surface area contributed by atoms with Crippen molar-refractivity contribution in [2.75, 3.05) is 6.54 Å². The maximum Gasteiger partial charge on any atom is 0.203 e. The van der Waals surface area contributed by atoms with Crippen molar-refractivity contribution in [1.29, 1.82) is 0 Å². The van der Waals surface area contributed by atoms with Crippen LogP contribution in [-0.4, -0.2) is 25.8 Å². The molecular formula is C20H24N4S. The molecule has 1 heterocycles. The molecule has 4 nitrogen and oxygen atoms in total. The second kappa shape index (κ2) is 7.76. The van der Waals surface area contributed by atoms with Crippen molar-refractivity contribution in [2.24, 2.45) is 0 Å². The van der Waals surface area contributed by atoms with Gasteiger partial charge in [0.1, 0.15) is 5.82 Å². The summed E-state index contributed by atoms with van der Waals surface area (Å²) < 4.78 is 4.71. The number of para-hydroxylation sites is 1. The third-order valence-electron chi connectivity index (χ3n) is 4.39. The van der Waals surface area contributed by atoms with Gasteiger partial charge in [-0.1, -0.05) is 55.5 Å². The first-order valence-electron chi connectivity index (χ1n) is 8.59. The normalized spacial score (nSPS) is 11.2. The van der Waals surface area contributed by atoms with Crippen LogP contribution in [0.5, 0.6) is 0 Å². The predicted molar refractivity (Wildman–Crippen MR) is 104 cm³/mol. The van der Waals surface area contributed by atoms with Crippen LogP contribution in [0, 0.1) is 18.6 Å². The van der Waals surface area contributed by atoms with E-state index in [1.54, 1.807) is 0 Å². The molecular weight excluding hydrogens is 328 g/mol. The summed E-state index contributed by atoms with van der Waals surface area (Å²) in [4.78, 5) is 2.33. The maximum atomic E-state index is 5.72. The smallest absolute Gasteiger partial charge is 0.203 e. The van der Waals surface area contributed by atoms with Gasteiger partial charge in [-0.25, -0.2) is 4.68 Å². The molecule has 0 aliphatic carbocycles. The Labute approximate surface area is 154 Å². The first-order chi connectivity index (χ1) is 12.1. The number of nitrogens with zero attached hydrogens (tertiary/aromatic N) is 4. The Morgan fingerprint density at radius 3 is 2.36 bits per heavy atom. The molecule has 0 unspecified atom stereocenters. The van der Waals surface area contributed by atoms with E-state index >= 15 is 0 Å². The lowest BCUT2D eigenvalue weighted by atomic mass is 10.2. The average molecular weight is 353 g/mol. The van der Waals surface area contributed by atoms with Crippen molar-refractivity contribution in [3.8, 4) is 5.69 Å². The fraction of sp³-hybridized carbons (Fsp3) is 0.300. The Balaban J connectivity index is 1.87. The van der Waals surface area contributed by atoms with Gasteiger partial charge in [0.15, 0.2) is 0 Å². The summed E-state index contributed by atoms with van der Waals surface area (Å²) in [6.07, 6.45) is 0. The first kappa shape index (κ1) is 17.6. The lowest BCUT2D eigenvalue weighted by molar-refractivity contribution is 0.207. The Bertz CT molecular complexity index is 896. The van der Waals surface area contributed by atoms with Gasteiger partial charge in [-0.2, -0.15) is 5.10 Å². The van der Waals surface area contributed by atoms with Crippen molar-refractivity contribution in [1.82, 2.24) is 19.2 Å². The first-order valence-corrected chi connectivity index (χ1v) is 8.99. The molecule has 1 aromatic heterocycles. The van der Waals surface area contributed by atoms with E-state index in [2.05, 4.69) is 59.7 Å².